The lowest BCUT2D eigenvalue weighted by molar-refractivity contribution is -0.131. The Kier molecular flexibility index (Phi) is 4.83. The van der Waals surface area contributed by atoms with Crippen molar-refractivity contribution in [3.63, 3.8) is 0 Å². The fraction of sp³-hybridized carbons (Fsp3) is 0.231. The quantitative estimate of drug-likeness (QED) is 0.784. The van der Waals surface area contributed by atoms with Crippen molar-refractivity contribution in [3.05, 3.63) is 39.7 Å². The average Bonchev–Trinajstić information content (AvgIpc) is 3.06. The van der Waals surface area contributed by atoms with Crippen LogP contribution in [0.5, 0.6) is 0 Å². The lowest BCUT2D eigenvalue weighted by Gasteiger charge is -2.00. The number of carboxylic acids is 1. The summed E-state index contributed by atoms with van der Waals surface area (Å²) >= 11 is 1.25. The normalized spacial score (nSPS) is 10.9. The number of carbonyl (C=O) groups is 2. The predicted octanol–water partition coefficient (Wildman–Crippen LogP) is 1.51. The highest BCUT2D eigenvalue weighted by atomic mass is 32.1. The van der Waals surface area contributed by atoms with Crippen LogP contribution in [0.25, 0.3) is 6.08 Å². The Morgan fingerprint density at radius 1 is 1.52 bits per heavy atom. The molecule has 2 rings (SSSR count). The minimum atomic E-state index is -1.02. The molecule has 21 heavy (non-hydrogen) atoms. The summed E-state index contributed by atoms with van der Waals surface area (Å²) in [5.74, 6) is -0.696. The van der Waals surface area contributed by atoms with E-state index in [1.165, 1.54) is 23.8 Å². The molecule has 1 amide bonds. The van der Waals surface area contributed by atoms with Gasteiger partial charge in [-0.25, -0.2) is 4.79 Å². The molecule has 8 heteroatoms. The molecule has 7 nitrogen and oxygen atoms in total. The number of hydrogen-bond acceptors (Lipinski definition) is 6. The van der Waals surface area contributed by atoms with Crippen molar-refractivity contribution in [3.8, 4) is 0 Å². The summed E-state index contributed by atoms with van der Waals surface area (Å²) in [5, 5.41) is 15.0. The van der Waals surface area contributed by atoms with Crippen LogP contribution in [-0.4, -0.2) is 33.7 Å². The predicted molar refractivity (Wildman–Crippen MR) is 76.1 cm³/mol. The Bertz CT molecular complexity index is 661. The number of aromatic nitrogens is 2. The molecule has 0 atom stereocenters. The first-order valence-corrected chi connectivity index (χ1v) is 6.93. The summed E-state index contributed by atoms with van der Waals surface area (Å²) in [4.78, 5) is 27.6. The average molecular weight is 307 g/mol. The van der Waals surface area contributed by atoms with Gasteiger partial charge in [-0.15, -0.1) is 11.3 Å². The van der Waals surface area contributed by atoms with Gasteiger partial charge in [0.15, 0.2) is 5.82 Å². The van der Waals surface area contributed by atoms with Crippen LogP contribution >= 0.6 is 11.3 Å². The van der Waals surface area contributed by atoms with Crippen molar-refractivity contribution in [1.29, 1.82) is 0 Å². The number of nitrogens with one attached hydrogen (secondary N) is 1. The van der Waals surface area contributed by atoms with Gasteiger partial charge < -0.3 is 14.9 Å². The van der Waals surface area contributed by atoms with Crippen LogP contribution in [0.1, 0.15) is 25.9 Å². The zero-order valence-electron chi connectivity index (χ0n) is 11.2. The smallest absolute Gasteiger partial charge is 0.328 e. The number of rotatable bonds is 6. The number of nitrogens with zero attached hydrogens (tertiary/aromatic N) is 2. The van der Waals surface area contributed by atoms with E-state index >= 15 is 0 Å². The minimum absolute atomic E-state index is 0.207. The highest BCUT2D eigenvalue weighted by Gasteiger charge is 2.11. The zero-order chi connectivity index (χ0) is 15.2. The third-order valence-electron chi connectivity index (χ3n) is 2.60. The molecule has 0 saturated heterocycles. The second-order valence-corrected chi connectivity index (χ2v) is 5.27. The maximum atomic E-state index is 12.0. The maximum Gasteiger partial charge on any atom is 0.328 e. The summed E-state index contributed by atoms with van der Waals surface area (Å²) < 4.78 is 4.59. The Morgan fingerprint density at radius 2 is 2.33 bits per heavy atom. The van der Waals surface area contributed by atoms with Crippen molar-refractivity contribution < 1.29 is 19.2 Å². The van der Waals surface area contributed by atoms with Crippen LogP contribution in [-0.2, 0) is 11.2 Å². The van der Waals surface area contributed by atoms with E-state index in [1.54, 1.807) is 6.07 Å². The van der Waals surface area contributed by atoms with Crippen molar-refractivity contribution in [1.82, 2.24) is 15.5 Å². The van der Waals surface area contributed by atoms with E-state index in [1.807, 2.05) is 6.92 Å². The van der Waals surface area contributed by atoms with Crippen molar-refractivity contribution >= 4 is 29.3 Å². The fourth-order valence-corrected chi connectivity index (χ4v) is 2.59. The molecule has 0 aliphatic carbocycles. The van der Waals surface area contributed by atoms with Crippen LogP contribution in [0.2, 0.25) is 0 Å². The van der Waals surface area contributed by atoms with Crippen LogP contribution in [0.15, 0.2) is 23.1 Å². The molecule has 0 aliphatic rings. The summed E-state index contributed by atoms with van der Waals surface area (Å²) in [6.45, 7) is 2.23. The first-order valence-electron chi connectivity index (χ1n) is 6.11. The highest BCUT2D eigenvalue weighted by Crippen LogP contribution is 2.23. The molecule has 110 valence electrons. The van der Waals surface area contributed by atoms with E-state index < -0.39 is 5.97 Å². The van der Waals surface area contributed by atoms with Crippen LogP contribution < -0.4 is 5.32 Å². The monoisotopic (exact) mass is 307 g/mol. The topological polar surface area (TPSA) is 105 Å². The van der Waals surface area contributed by atoms with Gasteiger partial charge in [-0.05, 0) is 24.6 Å². The Labute approximate surface area is 124 Å². The van der Waals surface area contributed by atoms with Gasteiger partial charge in [-0.2, -0.15) is 4.98 Å². The van der Waals surface area contributed by atoms with Crippen LogP contribution in [0, 0.1) is 6.92 Å². The number of thiophene rings is 1. The molecule has 2 heterocycles. The summed E-state index contributed by atoms with van der Waals surface area (Å²) in [6, 6.07) is 1.73. The molecule has 0 spiro atoms. The van der Waals surface area contributed by atoms with E-state index in [2.05, 4.69) is 20.0 Å². The van der Waals surface area contributed by atoms with Gasteiger partial charge in [0.2, 0.25) is 6.39 Å². The molecule has 0 unspecified atom stereocenters. The lowest BCUT2D eigenvalue weighted by Crippen LogP contribution is -2.25. The standard InChI is InChI=1S/C13H13N3O4S/c1-8-6-10(21-9(8)2-3-12(17)18)13(19)14-5-4-11-15-7-20-16-11/h2-3,6-7H,4-5H2,1H3,(H,14,19)(H,17,18)/b3-2+. The molecular formula is C13H13N3O4S. The molecule has 2 aromatic heterocycles. The second kappa shape index (κ2) is 6.80. The third kappa shape index (κ3) is 4.25. The van der Waals surface area contributed by atoms with Gasteiger partial charge in [0.25, 0.3) is 5.91 Å². The zero-order valence-corrected chi connectivity index (χ0v) is 12.0. The van der Waals surface area contributed by atoms with Gasteiger partial charge >= 0.3 is 5.97 Å². The number of carbonyl (C=O) groups excluding carboxylic acids is 1. The van der Waals surface area contributed by atoms with E-state index in [0.29, 0.717) is 23.7 Å². The summed E-state index contributed by atoms with van der Waals surface area (Å²) in [6.07, 6.45) is 4.26. The van der Waals surface area contributed by atoms with Gasteiger partial charge in [0.1, 0.15) is 0 Å². The summed E-state index contributed by atoms with van der Waals surface area (Å²) in [7, 11) is 0. The molecule has 0 bridgehead atoms. The van der Waals surface area contributed by atoms with Crippen LogP contribution in [0.3, 0.4) is 0 Å². The first-order chi connectivity index (χ1) is 10.1. The maximum absolute atomic E-state index is 12.0. The van der Waals surface area contributed by atoms with Gasteiger partial charge in [-0.1, -0.05) is 5.16 Å². The molecule has 0 radical (unpaired) electrons. The van der Waals surface area contributed by atoms with Crippen molar-refractivity contribution in [2.45, 2.75) is 13.3 Å². The van der Waals surface area contributed by atoms with Crippen molar-refractivity contribution in [2.75, 3.05) is 6.54 Å². The lowest BCUT2D eigenvalue weighted by atomic mass is 10.2. The number of hydrogen-bond donors (Lipinski definition) is 2. The van der Waals surface area contributed by atoms with Gasteiger partial charge in [0, 0.05) is 23.9 Å². The Morgan fingerprint density at radius 3 is 3.00 bits per heavy atom. The Balaban J connectivity index is 1.93. The highest BCUT2D eigenvalue weighted by molar-refractivity contribution is 7.15. The number of aliphatic carboxylic acids is 1. The molecular weight excluding hydrogens is 294 g/mol. The van der Waals surface area contributed by atoms with Gasteiger partial charge in [0.05, 0.1) is 4.88 Å². The number of amides is 1. The minimum Gasteiger partial charge on any atom is -0.478 e. The van der Waals surface area contributed by atoms with E-state index in [-0.39, 0.29) is 5.91 Å². The van der Waals surface area contributed by atoms with E-state index in [0.717, 1.165) is 16.5 Å². The SMILES string of the molecule is Cc1cc(C(=O)NCCc2ncon2)sc1/C=C/C(=O)O. The molecule has 2 N–H and O–H groups in total. The molecule has 0 saturated carbocycles. The molecule has 2 aromatic rings. The summed E-state index contributed by atoms with van der Waals surface area (Å²) in [5.41, 5.74) is 0.862. The molecule has 0 fully saturated rings. The number of aryl methyl sites for hydroxylation is 1. The van der Waals surface area contributed by atoms with Gasteiger partial charge in [-0.3, -0.25) is 4.79 Å². The fourth-order valence-electron chi connectivity index (χ4n) is 1.60. The van der Waals surface area contributed by atoms with E-state index in [4.69, 9.17) is 5.11 Å². The third-order valence-corrected chi connectivity index (χ3v) is 3.80. The Hall–Kier alpha value is -2.48. The van der Waals surface area contributed by atoms with Crippen molar-refractivity contribution in [2.24, 2.45) is 0 Å². The largest absolute Gasteiger partial charge is 0.478 e. The molecule has 0 aliphatic heterocycles. The first kappa shape index (κ1) is 14.9. The second-order valence-electron chi connectivity index (χ2n) is 4.18. The molecule has 0 aromatic carbocycles. The number of carboxylic acid groups (broad SMARTS) is 1. The van der Waals surface area contributed by atoms with Crippen LogP contribution in [0.4, 0.5) is 0 Å². The van der Waals surface area contributed by atoms with E-state index in [9.17, 15) is 9.59 Å².